The predicted molar refractivity (Wildman–Crippen MR) is 90.1 cm³/mol. The second-order valence-electron chi connectivity index (χ2n) is 6.32. The average Bonchev–Trinajstić information content (AvgIpc) is 3.11. The summed E-state index contributed by atoms with van der Waals surface area (Å²) >= 11 is 0. The van der Waals surface area contributed by atoms with E-state index in [1.807, 2.05) is 23.1 Å². The molecule has 3 rings (SSSR count). The van der Waals surface area contributed by atoms with Crippen molar-refractivity contribution in [2.45, 2.75) is 50.8 Å². The van der Waals surface area contributed by atoms with Gasteiger partial charge in [-0.05, 0) is 31.2 Å². The highest BCUT2D eigenvalue weighted by Gasteiger charge is 2.32. The molecule has 0 radical (unpaired) electrons. The van der Waals surface area contributed by atoms with Crippen molar-refractivity contribution in [2.24, 2.45) is 0 Å². The number of carbonyl (C=O) groups is 1. The molecule has 0 unspecified atom stereocenters. The summed E-state index contributed by atoms with van der Waals surface area (Å²) < 4.78 is 1.74. The highest BCUT2D eigenvalue weighted by Crippen LogP contribution is 2.22. The normalized spacial score (nSPS) is 21.0. The van der Waals surface area contributed by atoms with Gasteiger partial charge in [-0.1, -0.05) is 30.3 Å². The lowest BCUT2D eigenvalue weighted by Crippen LogP contribution is -2.52. The first-order valence-electron chi connectivity index (χ1n) is 8.58. The van der Waals surface area contributed by atoms with Gasteiger partial charge >= 0.3 is 0 Å². The van der Waals surface area contributed by atoms with Crippen molar-refractivity contribution in [3.8, 4) is 0 Å². The summed E-state index contributed by atoms with van der Waals surface area (Å²) in [6, 6.07) is 9.95. The molecule has 2 aromatic rings. The lowest BCUT2D eigenvalue weighted by atomic mass is 9.92. The number of likely N-dealkylation sites (tertiary alicyclic amines) is 1. The zero-order valence-corrected chi connectivity index (χ0v) is 13.8. The van der Waals surface area contributed by atoms with Gasteiger partial charge in [0.15, 0.2) is 0 Å². The Morgan fingerprint density at radius 3 is 2.88 bits per heavy atom. The van der Waals surface area contributed by atoms with Gasteiger partial charge in [0.2, 0.25) is 5.91 Å². The molecule has 1 aromatic heterocycles. The topological polar surface area (TPSA) is 71.2 Å². The molecule has 0 bridgehead atoms. The maximum absolute atomic E-state index is 12.6. The first-order valence-corrected chi connectivity index (χ1v) is 8.58. The van der Waals surface area contributed by atoms with Crippen LogP contribution in [0.2, 0.25) is 0 Å². The van der Waals surface area contributed by atoms with Crippen molar-refractivity contribution in [3.63, 3.8) is 0 Å². The van der Waals surface area contributed by atoms with E-state index in [-0.39, 0.29) is 11.9 Å². The fourth-order valence-electron chi connectivity index (χ4n) is 3.33. The molecule has 0 spiro atoms. The fourth-order valence-corrected chi connectivity index (χ4v) is 3.33. The first kappa shape index (κ1) is 16.6. The standard InChI is InChI=1S/C18H24N4O2/c23-17-8-4-11-22(16(17)12-15-6-2-1-3-7-15)18(24)9-5-10-21-14-19-13-20-21/h1-3,6-7,13-14,16-17,23H,4-5,8-12H2/t16-,17-/m0/s1. The van der Waals surface area contributed by atoms with Crippen LogP contribution in [0.1, 0.15) is 31.2 Å². The van der Waals surface area contributed by atoms with Crippen LogP contribution in [-0.2, 0) is 17.8 Å². The molecule has 1 aromatic carbocycles. The molecular formula is C18H24N4O2. The van der Waals surface area contributed by atoms with Crippen molar-refractivity contribution < 1.29 is 9.90 Å². The van der Waals surface area contributed by atoms with Crippen molar-refractivity contribution in [2.75, 3.05) is 6.54 Å². The third kappa shape index (κ3) is 4.20. The maximum Gasteiger partial charge on any atom is 0.222 e. The largest absolute Gasteiger partial charge is 0.391 e. The van der Waals surface area contributed by atoms with E-state index in [1.165, 1.54) is 6.33 Å². The van der Waals surface area contributed by atoms with E-state index >= 15 is 0 Å². The summed E-state index contributed by atoms with van der Waals surface area (Å²) in [6.45, 7) is 1.42. The van der Waals surface area contributed by atoms with Crippen molar-refractivity contribution in [1.82, 2.24) is 19.7 Å². The van der Waals surface area contributed by atoms with Gasteiger partial charge in [-0.2, -0.15) is 5.10 Å². The number of hydrogen-bond donors (Lipinski definition) is 1. The second-order valence-corrected chi connectivity index (χ2v) is 6.32. The van der Waals surface area contributed by atoms with Crippen LogP contribution in [-0.4, -0.2) is 49.4 Å². The zero-order chi connectivity index (χ0) is 16.8. The molecule has 0 aliphatic carbocycles. The van der Waals surface area contributed by atoms with E-state index in [0.29, 0.717) is 19.4 Å². The third-order valence-electron chi connectivity index (χ3n) is 4.60. The smallest absolute Gasteiger partial charge is 0.222 e. The van der Waals surface area contributed by atoms with Crippen LogP contribution in [0, 0.1) is 0 Å². The summed E-state index contributed by atoms with van der Waals surface area (Å²) in [5.74, 6) is 0.120. The van der Waals surface area contributed by atoms with Crippen LogP contribution in [0.4, 0.5) is 0 Å². The molecule has 1 amide bonds. The van der Waals surface area contributed by atoms with E-state index in [2.05, 4.69) is 22.2 Å². The Kier molecular flexibility index (Phi) is 5.59. The molecule has 1 N–H and O–H groups in total. The SMILES string of the molecule is O=C(CCCn1cncn1)N1CCC[C@H](O)[C@@H]1Cc1ccccc1. The molecule has 1 saturated heterocycles. The summed E-state index contributed by atoms with van der Waals surface area (Å²) in [7, 11) is 0. The van der Waals surface area contributed by atoms with Crippen LogP contribution < -0.4 is 0 Å². The number of aromatic nitrogens is 3. The van der Waals surface area contributed by atoms with Gasteiger partial charge in [-0.15, -0.1) is 0 Å². The number of piperidine rings is 1. The van der Waals surface area contributed by atoms with Crippen LogP contribution in [0.25, 0.3) is 0 Å². The number of carbonyl (C=O) groups excluding carboxylic acids is 1. The number of hydrogen-bond acceptors (Lipinski definition) is 4. The van der Waals surface area contributed by atoms with Gasteiger partial charge in [0.25, 0.3) is 0 Å². The van der Waals surface area contributed by atoms with E-state index in [9.17, 15) is 9.90 Å². The molecule has 128 valence electrons. The summed E-state index contributed by atoms with van der Waals surface area (Å²) in [5, 5.41) is 14.5. The van der Waals surface area contributed by atoms with Gasteiger partial charge in [-0.3, -0.25) is 9.48 Å². The van der Waals surface area contributed by atoms with Gasteiger partial charge in [0, 0.05) is 19.5 Å². The quantitative estimate of drug-likeness (QED) is 0.875. The van der Waals surface area contributed by atoms with E-state index in [4.69, 9.17) is 0 Å². The lowest BCUT2D eigenvalue weighted by molar-refractivity contribution is -0.138. The second kappa shape index (κ2) is 8.06. The Morgan fingerprint density at radius 2 is 2.12 bits per heavy atom. The van der Waals surface area contributed by atoms with Gasteiger partial charge in [0.05, 0.1) is 12.1 Å². The van der Waals surface area contributed by atoms with Gasteiger partial charge in [0.1, 0.15) is 12.7 Å². The highest BCUT2D eigenvalue weighted by molar-refractivity contribution is 5.76. The Bertz CT molecular complexity index is 630. The van der Waals surface area contributed by atoms with Gasteiger partial charge < -0.3 is 10.0 Å². The number of aliphatic hydroxyl groups excluding tert-OH is 1. The van der Waals surface area contributed by atoms with Crippen molar-refractivity contribution in [3.05, 3.63) is 48.5 Å². The third-order valence-corrected chi connectivity index (χ3v) is 4.60. The number of amides is 1. The summed E-state index contributed by atoms with van der Waals surface area (Å²) in [6.07, 6.45) is 6.24. The number of aliphatic hydroxyl groups is 1. The Balaban J connectivity index is 1.59. The zero-order valence-electron chi connectivity index (χ0n) is 13.8. The number of nitrogens with zero attached hydrogens (tertiary/aromatic N) is 4. The van der Waals surface area contributed by atoms with E-state index < -0.39 is 6.10 Å². The number of benzene rings is 1. The molecule has 0 saturated carbocycles. The lowest BCUT2D eigenvalue weighted by Gasteiger charge is -2.39. The van der Waals surface area contributed by atoms with Crippen LogP contribution >= 0.6 is 0 Å². The Morgan fingerprint density at radius 1 is 1.29 bits per heavy atom. The van der Waals surface area contributed by atoms with Gasteiger partial charge in [-0.25, -0.2) is 4.98 Å². The minimum Gasteiger partial charge on any atom is -0.391 e. The molecule has 1 aliphatic heterocycles. The molecule has 2 atom stereocenters. The summed E-state index contributed by atoms with van der Waals surface area (Å²) in [4.78, 5) is 18.4. The Labute approximate surface area is 142 Å². The maximum atomic E-state index is 12.6. The predicted octanol–water partition coefficient (Wildman–Crippen LogP) is 1.65. The Hall–Kier alpha value is -2.21. The molecule has 6 heteroatoms. The fraction of sp³-hybridized carbons (Fsp3) is 0.500. The van der Waals surface area contributed by atoms with E-state index in [1.54, 1.807) is 11.0 Å². The first-order chi connectivity index (χ1) is 11.7. The minimum atomic E-state index is -0.446. The monoisotopic (exact) mass is 328 g/mol. The van der Waals surface area contributed by atoms with Crippen molar-refractivity contribution >= 4 is 5.91 Å². The molecule has 1 fully saturated rings. The van der Waals surface area contributed by atoms with Crippen molar-refractivity contribution in [1.29, 1.82) is 0 Å². The highest BCUT2D eigenvalue weighted by atomic mass is 16.3. The van der Waals surface area contributed by atoms with Crippen LogP contribution in [0.3, 0.4) is 0 Å². The number of rotatable bonds is 6. The molecule has 2 heterocycles. The molecule has 24 heavy (non-hydrogen) atoms. The van der Waals surface area contributed by atoms with E-state index in [0.717, 1.165) is 31.4 Å². The minimum absolute atomic E-state index is 0.120. The molecule has 1 aliphatic rings. The molecular weight excluding hydrogens is 304 g/mol. The average molecular weight is 328 g/mol. The molecule has 6 nitrogen and oxygen atoms in total. The van der Waals surface area contributed by atoms with Crippen LogP contribution in [0.5, 0.6) is 0 Å². The summed E-state index contributed by atoms with van der Waals surface area (Å²) in [5.41, 5.74) is 1.16. The number of aryl methyl sites for hydroxylation is 1. The van der Waals surface area contributed by atoms with Crippen LogP contribution in [0.15, 0.2) is 43.0 Å².